The Morgan fingerprint density at radius 3 is 2.17 bits per heavy atom. The summed E-state index contributed by atoms with van der Waals surface area (Å²) in [5.74, 6) is 0. The fraction of sp³-hybridized carbons (Fsp3) is 0.714. The van der Waals surface area contributed by atoms with Crippen molar-refractivity contribution in [1.82, 2.24) is 4.90 Å². The lowest BCUT2D eigenvalue weighted by Crippen LogP contribution is -2.39. The van der Waals surface area contributed by atoms with E-state index in [0.717, 1.165) is 0 Å². The number of alkyl halides is 3. The largest absolute Gasteiger partial charge is 0.430 e. The van der Waals surface area contributed by atoms with Gasteiger partial charge in [0.15, 0.2) is 0 Å². The highest BCUT2D eigenvalue weighted by atomic mass is 19.4. The van der Waals surface area contributed by atoms with Crippen molar-refractivity contribution in [3.05, 3.63) is 12.3 Å². The number of morpholine rings is 1. The van der Waals surface area contributed by atoms with Gasteiger partial charge in [-0.2, -0.15) is 13.2 Å². The molecule has 1 heterocycles. The van der Waals surface area contributed by atoms with E-state index in [1.807, 2.05) is 0 Å². The van der Waals surface area contributed by atoms with Crippen LogP contribution in [0.4, 0.5) is 13.2 Å². The van der Waals surface area contributed by atoms with E-state index < -0.39 is 11.9 Å². The van der Waals surface area contributed by atoms with Crippen molar-refractivity contribution in [3.8, 4) is 0 Å². The molecule has 1 aliphatic rings. The summed E-state index contributed by atoms with van der Waals surface area (Å²) < 4.78 is 41.1. The second kappa shape index (κ2) is 3.35. The van der Waals surface area contributed by atoms with E-state index in [1.165, 1.54) is 4.90 Å². The Morgan fingerprint density at radius 1 is 1.25 bits per heavy atom. The monoisotopic (exact) mass is 181 g/mol. The molecule has 0 aliphatic carbocycles. The van der Waals surface area contributed by atoms with Crippen LogP contribution in [-0.2, 0) is 4.74 Å². The predicted octanol–water partition coefficient (Wildman–Crippen LogP) is 1.39. The quantitative estimate of drug-likeness (QED) is 0.606. The second-order valence-electron chi connectivity index (χ2n) is 2.54. The molecule has 0 N–H and O–H groups in total. The van der Waals surface area contributed by atoms with E-state index in [4.69, 9.17) is 4.74 Å². The first kappa shape index (κ1) is 9.38. The van der Waals surface area contributed by atoms with Crippen molar-refractivity contribution in [3.63, 3.8) is 0 Å². The molecule has 5 heteroatoms. The van der Waals surface area contributed by atoms with Gasteiger partial charge in [-0.3, -0.25) is 0 Å². The van der Waals surface area contributed by atoms with Gasteiger partial charge in [-0.1, -0.05) is 6.58 Å². The number of nitrogens with zero attached hydrogens (tertiary/aromatic N) is 1. The molecular weight excluding hydrogens is 171 g/mol. The summed E-state index contributed by atoms with van der Waals surface area (Å²) in [5, 5.41) is 0. The smallest absolute Gasteiger partial charge is 0.378 e. The molecule has 0 aromatic rings. The average Bonchev–Trinajstić information content (AvgIpc) is 2.03. The summed E-state index contributed by atoms with van der Waals surface area (Å²) >= 11 is 0. The summed E-state index contributed by atoms with van der Waals surface area (Å²) in [7, 11) is 0. The van der Waals surface area contributed by atoms with Crippen molar-refractivity contribution < 1.29 is 17.9 Å². The van der Waals surface area contributed by atoms with Gasteiger partial charge in [0.05, 0.1) is 13.2 Å². The lowest BCUT2D eigenvalue weighted by molar-refractivity contribution is -0.117. The first-order chi connectivity index (χ1) is 5.52. The van der Waals surface area contributed by atoms with Gasteiger partial charge in [0.1, 0.15) is 5.70 Å². The first-order valence-corrected chi connectivity index (χ1v) is 3.60. The van der Waals surface area contributed by atoms with Crippen LogP contribution in [0.3, 0.4) is 0 Å². The predicted molar refractivity (Wildman–Crippen MR) is 37.6 cm³/mol. The van der Waals surface area contributed by atoms with Crippen LogP contribution in [0, 0.1) is 0 Å². The Kier molecular flexibility index (Phi) is 2.62. The highest BCUT2D eigenvalue weighted by Crippen LogP contribution is 2.27. The van der Waals surface area contributed by atoms with Gasteiger partial charge in [-0.15, -0.1) is 0 Å². The summed E-state index contributed by atoms with van der Waals surface area (Å²) in [6.45, 7) is 4.23. The maximum absolute atomic E-state index is 12.1. The lowest BCUT2D eigenvalue weighted by Gasteiger charge is -2.31. The van der Waals surface area contributed by atoms with Gasteiger partial charge in [-0.25, -0.2) is 0 Å². The van der Waals surface area contributed by atoms with Crippen LogP contribution in [0.5, 0.6) is 0 Å². The molecule has 1 rings (SSSR count). The van der Waals surface area contributed by atoms with Crippen molar-refractivity contribution in [2.75, 3.05) is 26.3 Å². The molecule has 70 valence electrons. The molecule has 0 unspecified atom stereocenters. The molecule has 0 amide bonds. The minimum Gasteiger partial charge on any atom is -0.378 e. The third-order valence-corrected chi connectivity index (χ3v) is 1.72. The van der Waals surface area contributed by atoms with E-state index in [9.17, 15) is 13.2 Å². The highest BCUT2D eigenvalue weighted by Gasteiger charge is 2.36. The number of halogens is 3. The SMILES string of the molecule is C=C(N1CCOCC1)C(F)(F)F. The topological polar surface area (TPSA) is 12.5 Å². The van der Waals surface area contributed by atoms with E-state index in [0.29, 0.717) is 13.2 Å². The normalized spacial score (nSPS) is 19.4. The summed E-state index contributed by atoms with van der Waals surface area (Å²) in [6.07, 6.45) is -4.31. The molecule has 0 spiro atoms. The van der Waals surface area contributed by atoms with E-state index in [-0.39, 0.29) is 13.1 Å². The molecule has 0 bridgehead atoms. The third-order valence-electron chi connectivity index (χ3n) is 1.72. The van der Waals surface area contributed by atoms with Crippen molar-refractivity contribution >= 4 is 0 Å². The van der Waals surface area contributed by atoms with Gasteiger partial charge < -0.3 is 9.64 Å². The van der Waals surface area contributed by atoms with Crippen molar-refractivity contribution in [2.45, 2.75) is 6.18 Å². The van der Waals surface area contributed by atoms with Gasteiger partial charge in [0.2, 0.25) is 0 Å². The van der Waals surface area contributed by atoms with Gasteiger partial charge in [0, 0.05) is 13.1 Å². The molecule has 1 saturated heterocycles. The number of hydrogen-bond donors (Lipinski definition) is 0. The van der Waals surface area contributed by atoms with E-state index in [1.54, 1.807) is 0 Å². The maximum Gasteiger partial charge on any atom is 0.430 e. The Morgan fingerprint density at radius 2 is 1.75 bits per heavy atom. The van der Waals surface area contributed by atoms with Crippen LogP contribution < -0.4 is 0 Å². The minimum absolute atomic E-state index is 0.276. The molecule has 0 aromatic carbocycles. The number of ether oxygens (including phenoxy) is 1. The molecule has 2 nitrogen and oxygen atoms in total. The van der Waals surface area contributed by atoms with Gasteiger partial charge in [0.25, 0.3) is 0 Å². The van der Waals surface area contributed by atoms with Crippen LogP contribution in [0.25, 0.3) is 0 Å². The van der Waals surface area contributed by atoms with Crippen LogP contribution in [0.1, 0.15) is 0 Å². The van der Waals surface area contributed by atoms with Crippen LogP contribution in [0.15, 0.2) is 12.3 Å². The fourth-order valence-electron chi connectivity index (χ4n) is 1.01. The molecule has 12 heavy (non-hydrogen) atoms. The highest BCUT2D eigenvalue weighted by molar-refractivity contribution is 5.02. The minimum atomic E-state index is -4.31. The zero-order valence-corrected chi connectivity index (χ0v) is 6.52. The molecular formula is C7H10F3NO. The zero-order valence-electron chi connectivity index (χ0n) is 6.52. The summed E-state index contributed by atoms with van der Waals surface area (Å²) in [5.41, 5.74) is -0.772. The summed E-state index contributed by atoms with van der Waals surface area (Å²) in [6, 6.07) is 0. The Bertz CT molecular complexity index is 172. The van der Waals surface area contributed by atoms with Crippen LogP contribution in [-0.4, -0.2) is 37.4 Å². The lowest BCUT2D eigenvalue weighted by atomic mass is 10.3. The molecule has 0 atom stereocenters. The average molecular weight is 181 g/mol. The third kappa shape index (κ3) is 2.14. The number of hydrogen-bond acceptors (Lipinski definition) is 2. The standard InChI is InChI=1S/C7H10F3NO/c1-6(7(8,9)10)11-2-4-12-5-3-11/h1-5H2. The van der Waals surface area contributed by atoms with E-state index in [2.05, 4.69) is 6.58 Å². The second-order valence-corrected chi connectivity index (χ2v) is 2.54. The molecule has 0 aromatic heterocycles. The van der Waals surface area contributed by atoms with Crippen molar-refractivity contribution in [1.29, 1.82) is 0 Å². The molecule has 0 saturated carbocycles. The Labute approximate surface area is 68.6 Å². The Hall–Kier alpha value is -0.710. The number of allylic oxidation sites excluding steroid dienone is 1. The molecule has 1 aliphatic heterocycles. The Balaban J connectivity index is 2.51. The van der Waals surface area contributed by atoms with Crippen LogP contribution >= 0.6 is 0 Å². The fourth-order valence-corrected chi connectivity index (χ4v) is 1.01. The molecule has 0 radical (unpaired) electrons. The van der Waals surface area contributed by atoms with Gasteiger partial charge in [-0.05, 0) is 0 Å². The van der Waals surface area contributed by atoms with Gasteiger partial charge >= 0.3 is 6.18 Å². The maximum atomic E-state index is 12.1. The number of rotatable bonds is 1. The first-order valence-electron chi connectivity index (χ1n) is 3.60. The van der Waals surface area contributed by atoms with Crippen LogP contribution in [0.2, 0.25) is 0 Å². The zero-order chi connectivity index (χ0) is 9.19. The van der Waals surface area contributed by atoms with E-state index >= 15 is 0 Å². The van der Waals surface area contributed by atoms with Crippen molar-refractivity contribution in [2.24, 2.45) is 0 Å². The molecule has 1 fully saturated rings. The summed E-state index contributed by atoms with van der Waals surface area (Å²) in [4.78, 5) is 1.20.